The number of rotatable bonds is 2. The number of nitrogens with zero attached hydrogens (tertiary/aromatic N) is 1. The highest BCUT2D eigenvalue weighted by Crippen LogP contribution is 2.65. The van der Waals surface area contributed by atoms with Gasteiger partial charge in [0, 0.05) is 12.1 Å². The Kier molecular flexibility index (Phi) is 2.27. The van der Waals surface area contributed by atoms with Crippen molar-refractivity contribution < 1.29 is 0 Å². The molecule has 0 aromatic carbocycles. The van der Waals surface area contributed by atoms with Gasteiger partial charge >= 0.3 is 0 Å². The van der Waals surface area contributed by atoms with Gasteiger partial charge in [0.2, 0.25) is 0 Å². The fourth-order valence-corrected chi connectivity index (χ4v) is 5.28. The summed E-state index contributed by atoms with van der Waals surface area (Å²) in [6.45, 7) is 0. The standard InChI is InChI=1S/C15H22N2/c16-8-11-3-1-2-4-12(11)17-15-13-9-5-6-10(7-9)14(13)15/h9-15,17H,1-7H2. The molecule has 0 spiro atoms. The Morgan fingerprint density at radius 1 is 0.941 bits per heavy atom. The highest BCUT2D eigenvalue weighted by atomic mass is 15.1. The van der Waals surface area contributed by atoms with Crippen molar-refractivity contribution in [2.75, 3.05) is 0 Å². The molecule has 4 saturated carbocycles. The zero-order valence-electron chi connectivity index (χ0n) is 10.4. The Hall–Kier alpha value is -0.550. The Morgan fingerprint density at radius 3 is 2.35 bits per heavy atom. The van der Waals surface area contributed by atoms with Crippen LogP contribution in [0.15, 0.2) is 0 Å². The van der Waals surface area contributed by atoms with Crippen molar-refractivity contribution in [3.8, 4) is 6.07 Å². The van der Waals surface area contributed by atoms with E-state index in [1.807, 2.05) is 0 Å². The molecule has 0 radical (unpaired) electrons. The third-order valence-corrected chi connectivity index (χ3v) is 6.07. The topological polar surface area (TPSA) is 35.8 Å². The smallest absolute Gasteiger partial charge is 0.0672 e. The summed E-state index contributed by atoms with van der Waals surface area (Å²) in [5.41, 5.74) is 0. The first kappa shape index (κ1) is 10.4. The second-order valence-electron chi connectivity index (χ2n) is 6.81. The molecule has 6 atom stereocenters. The van der Waals surface area contributed by atoms with Crippen molar-refractivity contribution in [2.24, 2.45) is 29.6 Å². The first-order valence-electron chi connectivity index (χ1n) is 7.54. The number of hydrogen-bond acceptors (Lipinski definition) is 2. The van der Waals surface area contributed by atoms with E-state index >= 15 is 0 Å². The Morgan fingerprint density at radius 2 is 1.65 bits per heavy atom. The van der Waals surface area contributed by atoms with Gasteiger partial charge in [-0.25, -0.2) is 0 Å². The molecule has 2 nitrogen and oxygen atoms in total. The quantitative estimate of drug-likeness (QED) is 0.791. The summed E-state index contributed by atoms with van der Waals surface area (Å²) >= 11 is 0. The number of fused-ring (bicyclic) bond motifs is 5. The summed E-state index contributed by atoms with van der Waals surface area (Å²) in [4.78, 5) is 0. The van der Waals surface area contributed by atoms with Crippen LogP contribution in [0.1, 0.15) is 44.9 Å². The average Bonchev–Trinajstić information content (AvgIpc) is 2.77. The van der Waals surface area contributed by atoms with E-state index in [-0.39, 0.29) is 0 Å². The van der Waals surface area contributed by atoms with Crippen molar-refractivity contribution in [1.29, 1.82) is 5.26 Å². The minimum atomic E-state index is 0.294. The van der Waals surface area contributed by atoms with E-state index in [1.165, 1.54) is 38.5 Å². The largest absolute Gasteiger partial charge is 0.309 e. The van der Waals surface area contributed by atoms with Crippen LogP contribution in [0.5, 0.6) is 0 Å². The Labute approximate surface area is 104 Å². The predicted molar refractivity (Wildman–Crippen MR) is 66.1 cm³/mol. The van der Waals surface area contributed by atoms with Crippen LogP contribution in [0.3, 0.4) is 0 Å². The van der Waals surface area contributed by atoms with Crippen molar-refractivity contribution in [3.63, 3.8) is 0 Å². The average molecular weight is 230 g/mol. The van der Waals surface area contributed by atoms with E-state index < -0.39 is 0 Å². The zero-order chi connectivity index (χ0) is 11.4. The zero-order valence-corrected chi connectivity index (χ0v) is 10.4. The lowest BCUT2D eigenvalue weighted by Gasteiger charge is -2.28. The van der Waals surface area contributed by atoms with Gasteiger partial charge in [0.15, 0.2) is 0 Å². The van der Waals surface area contributed by atoms with Crippen LogP contribution in [0.25, 0.3) is 0 Å². The van der Waals surface area contributed by atoms with Gasteiger partial charge in [0.25, 0.3) is 0 Å². The molecule has 4 aliphatic rings. The Balaban J connectivity index is 1.41. The molecule has 92 valence electrons. The number of hydrogen-bond donors (Lipinski definition) is 1. The third kappa shape index (κ3) is 1.48. The molecule has 0 aromatic rings. The summed E-state index contributed by atoms with van der Waals surface area (Å²) < 4.78 is 0. The molecular weight excluding hydrogens is 208 g/mol. The summed E-state index contributed by atoms with van der Waals surface area (Å²) in [6, 6.07) is 3.85. The van der Waals surface area contributed by atoms with E-state index in [9.17, 15) is 5.26 Å². The lowest BCUT2D eigenvalue weighted by Crippen LogP contribution is -2.41. The van der Waals surface area contributed by atoms with E-state index in [0.29, 0.717) is 12.0 Å². The normalized spacial score (nSPS) is 55.4. The predicted octanol–water partition coefficient (Wildman–Crippen LogP) is 2.70. The molecule has 0 heterocycles. The van der Waals surface area contributed by atoms with Crippen LogP contribution in [0.2, 0.25) is 0 Å². The van der Waals surface area contributed by atoms with Crippen LogP contribution < -0.4 is 5.32 Å². The lowest BCUT2D eigenvalue weighted by molar-refractivity contribution is 0.292. The molecule has 1 N–H and O–H groups in total. The molecular formula is C15H22N2. The van der Waals surface area contributed by atoms with Gasteiger partial charge in [0.05, 0.1) is 12.0 Å². The highest BCUT2D eigenvalue weighted by molar-refractivity contribution is 5.17. The van der Waals surface area contributed by atoms with Crippen molar-refractivity contribution in [2.45, 2.75) is 57.0 Å². The summed E-state index contributed by atoms with van der Waals surface area (Å²) in [5, 5.41) is 13.1. The van der Waals surface area contributed by atoms with Gasteiger partial charge in [-0.15, -0.1) is 0 Å². The third-order valence-electron chi connectivity index (χ3n) is 6.07. The Bertz CT molecular complexity index is 342. The lowest BCUT2D eigenvalue weighted by atomic mass is 9.85. The van der Waals surface area contributed by atoms with Gasteiger partial charge in [-0.2, -0.15) is 5.26 Å². The fourth-order valence-electron chi connectivity index (χ4n) is 5.28. The van der Waals surface area contributed by atoms with Crippen LogP contribution in [-0.2, 0) is 0 Å². The number of nitriles is 1. The van der Waals surface area contributed by atoms with Crippen molar-refractivity contribution in [1.82, 2.24) is 5.32 Å². The minimum Gasteiger partial charge on any atom is -0.309 e. The summed E-state index contributed by atoms with van der Waals surface area (Å²) in [5.74, 6) is 4.41. The molecule has 0 saturated heterocycles. The van der Waals surface area contributed by atoms with Crippen LogP contribution in [0, 0.1) is 40.9 Å². The van der Waals surface area contributed by atoms with Crippen LogP contribution >= 0.6 is 0 Å². The van der Waals surface area contributed by atoms with E-state index in [2.05, 4.69) is 11.4 Å². The van der Waals surface area contributed by atoms with Gasteiger partial charge in [-0.1, -0.05) is 12.8 Å². The maximum atomic E-state index is 9.22. The molecule has 4 rings (SSSR count). The molecule has 2 bridgehead atoms. The maximum Gasteiger partial charge on any atom is 0.0672 e. The maximum absolute atomic E-state index is 9.22. The van der Waals surface area contributed by atoms with Crippen LogP contribution in [-0.4, -0.2) is 12.1 Å². The van der Waals surface area contributed by atoms with Gasteiger partial charge < -0.3 is 5.32 Å². The second-order valence-corrected chi connectivity index (χ2v) is 6.81. The summed E-state index contributed by atoms with van der Waals surface area (Å²) in [6.07, 6.45) is 9.48. The molecule has 0 aliphatic heterocycles. The van der Waals surface area contributed by atoms with Gasteiger partial charge in [0.1, 0.15) is 0 Å². The second kappa shape index (κ2) is 3.72. The highest BCUT2D eigenvalue weighted by Gasteiger charge is 2.65. The SMILES string of the molecule is N#CC1CCCCC1NC1C2C3CCC(C3)C12. The van der Waals surface area contributed by atoms with Crippen molar-refractivity contribution >= 4 is 0 Å². The first-order chi connectivity index (χ1) is 8.38. The fraction of sp³-hybridized carbons (Fsp3) is 0.933. The van der Waals surface area contributed by atoms with E-state index in [4.69, 9.17) is 0 Å². The summed E-state index contributed by atoms with van der Waals surface area (Å²) in [7, 11) is 0. The molecule has 17 heavy (non-hydrogen) atoms. The van der Waals surface area contributed by atoms with Crippen LogP contribution in [0.4, 0.5) is 0 Å². The van der Waals surface area contributed by atoms with Gasteiger partial charge in [-0.05, 0) is 55.8 Å². The van der Waals surface area contributed by atoms with E-state index in [1.54, 1.807) is 0 Å². The molecule has 0 amide bonds. The molecule has 0 aromatic heterocycles. The monoisotopic (exact) mass is 230 g/mol. The minimum absolute atomic E-state index is 0.294. The van der Waals surface area contributed by atoms with Gasteiger partial charge in [-0.3, -0.25) is 0 Å². The molecule has 6 unspecified atom stereocenters. The van der Waals surface area contributed by atoms with Crippen molar-refractivity contribution in [3.05, 3.63) is 0 Å². The molecule has 2 heteroatoms. The number of nitrogens with one attached hydrogen (secondary N) is 1. The van der Waals surface area contributed by atoms with E-state index in [0.717, 1.165) is 36.1 Å². The molecule has 4 aliphatic carbocycles. The first-order valence-corrected chi connectivity index (χ1v) is 7.54. The molecule has 4 fully saturated rings.